The quantitative estimate of drug-likeness (QED) is 0.921. The number of hydrogen-bond donors (Lipinski definition) is 1. The van der Waals surface area contributed by atoms with E-state index in [-0.39, 0.29) is 36.1 Å². The Labute approximate surface area is 135 Å². The van der Waals surface area contributed by atoms with E-state index < -0.39 is 0 Å². The van der Waals surface area contributed by atoms with Crippen molar-refractivity contribution in [2.45, 2.75) is 25.8 Å². The summed E-state index contributed by atoms with van der Waals surface area (Å²) in [5, 5.41) is 2.77. The van der Waals surface area contributed by atoms with Gasteiger partial charge in [-0.05, 0) is 31.9 Å². The average Bonchev–Trinajstić information content (AvgIpc) is 2.77. The highest BCUT2D eigenvalue weighted by Gasteiger charge is 2.39. The molecule has 23 heavy (non-hydrogen) atoms. The zero-order chi connectivity index (χ0) is 16.6. The Morgan fingerprint density at radius 1 is 1.35 bits per heavy atom. The van der Waals surface area contributed by atoms with Gasteiger partial charge in [-0.3, -0.25) is 14.5 Å². The smallest absolute Gasteiger partial charge is 0.238 e. The van der Waals surface area contributed by atoms with Crippen molar-refractivity contribution >= 4 is 17.5 Å². The van der Waals surface area contributed by atoms with Crippen LogP contribution >= 0.6 is 0 Å². The van der Waals surface area contributed by atoms with Crippen LogP contribution in [0.5, 0.6) is 0 Å². The molecule has 2 bridgehead atoms. The molecule has 3 aliphatic heterocycles. The summed E-state index contributed by atoms with van der Waals surface area (Å²) in [6.07, 6.45) is 1.89. The zero-order valence-corrected chi connectivity index (χ0v) is 13.5. The first-order valence-corrected chi connectivity index (χ1v) is 7.99. The van der Waals surface area contributed by atoms with Gasteiger partial charge in [0.2, 0.25) is 11.8 Å². The van der Waals surface area contributed by atoms with Gasteiger partial charge in [-0.25, -0.2) is 4.39 Å². The first-order chi connectivity index (χ1) is 11.0. The molecule has 0 aliphatic carbocycles. The number of carbonyl (C=O) groups is 2. The standard InChI is InChI=1S/C17H22FN3O2/c1-11-14(18)4-3-5-15(11)19-16(22)10-21-8-12-6-7-13(9-21)20(2)17(12)23/h3-5,12-13H,6-10H2,1-2H3,(H,19,22)/t12-,13+/m1/s1. The molecule has 5 nitrogen and oxygen atoms in total. The van der Waals surface area contributed by atoms with Crippen LogP contribution in [0.15, 0.2) is 18.2 Å². The number of rotatable bonds is 3. The number of amides is 2. The molecular weight excluding hydrogens is 297 g/mol. The van der Waals surface area contributed by atoms with Crippen LogP contribution in [0.2, 0.25) is 0 Å². The minimum absolute atomic E-state index is 0.0116. The number of carbonyl (C=O) groups excluding carboxylic acids is 2. The molecule has 0 radical (unpaired) electrons. The topological polar surface area (TPSA) is 52.7 Å². The van der Waals surface area contributed by atoms with Gasteiger partial charge in [0, 0.05) is 37.4 Å². The fourth-order valence-electron chi connectivity index (χ4n) is 3.51. The number of benzene rings is 1. The van der Waals surface area contributed by atoms with Crippen molar-refractivity contribution in [2.75, 3.05) is 32.0 Å². The molecule has 1 aromatic carbocycles. The van der Waals surface area contributed by atoms with Crippen molar-refractivity contribution in [1.29, 1.82) is 0 Å². The SMILES string of the molecule is Cc1c(F)cccc1NC(=O)CN1C[C@H]2CC[C@@H](C1)N(C)C2=O. The van der Waals surface area contributed by atoms with Crippen molar-refractivity contribution in [3.05, 3.63) is 29.6 Å². The van der Waals surface area contributed by atoms with Gasteiger partial charge in [-0.1, -0.05) is 6.07 Å². The van der Waals surface area contributed by atoms with Gasteiger partial charge in [0.1, 0.15) is 5.82 Å². The molecule has 1 aromatic rings. The van der Waals surface area contributed by atoms with Crippen LogP contribution in [0, 0.1) is 18.7 Å². The van der Waals surface area contributed by atoms with E-state index in [4.69, 9.17) is 0 Å². The Morgan fingerprint density at radius 2 is 2.13 bits per heavy atom. The van der Waals surface area contributed by atoms with Crippen molar-refractivity contribution in [2.24, 2.45) is 5.92 Å². The molecule has 0 unspecified atom stereocenters. The lowest BCUT2D eigenvalue weighted by Gasteiger charge is -2.32. The molecule has 2 atom stereocenters. The molecular formula is C17H22FN3O2. The highest BCUT2D eigenvalue weighted by atomic mass is 19.1. The summed E-state index contributed by atoms with van der Waals surface area (Å²) < 4.78 is 13.5. The maximum Gasteiger partial charge on any atom is 0.238 e. The van der Waals surface area contributed by atoms with Crippen molar-refractivity contribution < 1.29 is 14.0 Å². The zero-order valence-electron chi connectivity index (χ0n) is 13.5. The first-order valence-electron chi connectivity index (χ1n) is 7.99. The van der Waals surface area contributed by atoms with Gasteiger partial charge in [0.25, 0.3) is 0 Å². The Hall–Kier alpha value is -1.95. The van der Waals surface area contributed by atoms with Crippen molar-refractivity contribution in [3.63, 3.8) is 0 Å². The second kappa shape index (κ2) is 6.28. The molecule has 3 fully saturated rings. The lowest BCUT2D eigenvalue weighted by atomic mass is 9.95. The number of nitrogens with one attached hydrogen (secondary N) is 1. The predicted molar refractivity (Wildman–Crippen MR) is 85.5 cm³/mol. The van der Waals surface area contributed by atoms with E-state index in [1.54, 1.807) is 19.1 Å². The molecule has 124 valence electrons. The van der Waals surface area contributed by atoms with E-state index in [9.17, 15) is 14.0 Å². The fraction of sp³-hybridized carbons (Fsp3) is 0.529. The van der Waals surface area contributed by atoms with E-state index in [2.05, 4.69) is 5.32 Å². The molecule has 2 amide bonds. The summed E-state index contributed by atoms with van der Waals surface area (Å²) in [7, 11) is 1.85. The molecule has 3 heterocycles. The predicted octanol–water partition coefficient (Wildman–Crippen LogP) is 1.63. The number of halogens is 1. The van der Waals surface area contributed by atoms with Crippen LogP contribution in [-0.2, 0) is 9.59 Å². The summed E-state index contributed by atoms with van der Waals surface area (Å²) >= 11 is 0. The molecule has 3 saturated heterocycles. The van der Waals surface area contributed by atoms with Crippen LogP contribution < -0.4 is 5.32 Å². The largest absolute Gasteiger partial charge is 0.341 e. The van der Waals surface area contributed by atoms with E-state index in [1.807, 2.05) is 16.8 Å². The van der Waals surface area contributed by atoms with Crippen LogP contribution in [0.1, 0.15) is 18.4 Å². The second-order valence-corrected chi connectivity index (χ2v) is 6.53. The number of hydrogen-bond acceptors (Lipinski definition) is 3. The minimum Gasteiger partial charge on any atom is -0.341 e. The number of anilines is 1. The first kappa shape index (κ1) is 15.9. The van der Waals surface area contributed by atoms with Crippen LogP contribution in [-0.4, -0.2) is 54.3 Å². The third-order valence-electron chi connectivity index (χ3n) is 4.95. The van der Waals surface area contributed by atoms with E-state index in [0.717, 1.165) is 12.8 Å². The van der Waals surface area contributed by atoms with Gasteiger partial charge in [0.15, 0.2) is 0 Å². The highest BCUT2D eigenvalue weighted by Crippen LogP contribution is 2.27. The molecule has 4 rings (SSSR count). The van der Waals surface area contributed by atoms with E-state index >= 15 is 0 Å². The third-order valence-corrected chi connectivity index (χ3v) is 4.95. The lowest BCUT2D eigenvalue weighted by Crippen LogP contribution is -2.45. The van der Waals surface area contributed by atoms with Crippen LogP contribution in [0.3, 0.4) is 0 Å². The Morgan fingerprint density at radius 3 is 2.91 bits per heavy atom. The Balaban J connectivity index is 1.64. The highest BCUT2D eigenvalue weighted by molar-refractivity contribution is 5.93. The Kier molecular flexibility index (Phi) is 4.35. The third kappa shape index (κ3) is 3.22. The molecule has 0 aromatic heterocycles. The number of piperidine rings is 1. The summed E-state index contributed by atoms with van der Waals surface area (Å²) in [6.45, 7) is 3.21. The molecule has 1 N–H and O–H groups in total. The molecule has 0 spiro atoms. The van der Waals surface area contributed by atoms with Gasteiger partial charge in [0.05, 0.1) is 12.5 Å². The van der Waals surface area contributed by atoms with Gasteiger partial charge in [-0.2, -0.15) is 0 Å². The second-order valence-electron chi connectivity index (χ2n) is 6.53. The normalized spacial score (nSPS) is 24.7. The average molecular weight is 319 g/mol. The Bertz CT molecular complexity index is 634. The van der Waals surface area contributed by atoms with E-state index in [1.165, 1.54) is 6.07 Å². The van der Waals surface area contributed by atoms with E-state index in [0.29, 0.717) is 24.3 Å². The lowest BCUT2D eigenvalue weighted by molar-refractivity contribution is -0.138. The van der Waals surface area contributed by atoms with Gasteiger partial charge < -0.3 is 10.2 Å². The van der Waals surface area contributed by atoms with Gasteiger partial charge in [-0.15, -0.1) is 0 Å². The summed E-state index contributed by atoms with van der Waals surface area (Å²) in [5.41, 5.74) is 0.938. The maximum absolute atomic E-state index is 13.5. The maximum atomic E-state index is 13.5. The minimum atomic E-state index is -0.331. The summed E-state index contributed by atoms with van der Waals surface area (Å²) in [6, 6.07) is 4.83. The number of likely N-dealkylation sites (N-methyl/N-ethyl adjacent to an activating group) is 1. The summed E-state index contributed by atoms with van der Waals surface area (Å²) in [4.78, 5) is 28.3. The van der Waals surface area contributed by atoms with Crippen LogP contribution in [0.25, 0.3) is 0 Å². The monoisotopic (exact) mass is 319 g/mol. The summed E-state index contributed by atoms with van der Waals surface area (Å²) in [5.74, 6) is -0.328. The van der Waals surface area contributed by atoms with Crippen LogP contribution in [0.4, 0.5) is 10.1 Å². The molecule has 3 aliphatic rings. The molecule has 6 heteroatoms. The van der Waals surface area contributed by atoms with Crippen molar-refractivity contribution in [3.8, 4) is 0 Å². The van der Waals surface area contributed by atoms with Gasteiger partial charge >= 0.3 is 0 Å². The number of fused-ring (bicyclic) bond motifs is 4. The van der Waals surface area contributed by atoms with Crippen molar-refractivity contribution in [1.82, 2.24) is 9.80 Å². The number of nitrogens with zero attached hydrogens (tertiary/aromatic N) is 2. The molecule has 0 saturated carbocycles. The fourth-order valence-corrected chi connectivity index (χ4v) is 3.51.